The lowest BCUT2D eigenvalue weighted by atomic mass is 10.1. The molecule has 0 spiro atoms. The molecule has 4 heterocycles. The molecule has 32 heavy (non-hydrogen) atoms. The van der Waals surface area contributed by atoms with Crippen molar-refractivity contribution in [2.24, 2.45) is 7.05 Å². The second kappa shape index (κ2) is 7.84. The lowest BCUT2D eigenvalue weighted by molar-refractivity contribution is 0.0783. The van der Waals surface area contributed by atoms with E-state index in [1.807, 2.05) is 43.7 Å². The van der Waals surface area contributed by atoms with E-state index in [-0.39, 0.29) is 23.7 Å². The summed E-state index contributed by atoms with van der Waals surface area (Å²) in [5, 5.41) is 8.15. The number of hydrogen-bond acceptors (Lipinski definition) is 5. The van der Waals surface area contributed by atoms with Crippen molar-refractivity contribution in [1.29, 1.82) is 0 Å². The van der Waals surface area contributed by atoms with Crippen molar-refractivity contribution in [2.75, 3.05) is 18.8 Å². The zero-order chi connectivity index (χ0) is 22.2. The number of aromatic amines is 1. The number of carbonyl (C=O) groups is 2. The van der Waals surface area contributed by atoms with E-state index in [9.17, 15) is 9.59 Å². The molecule has 0 radical (unpaired) electrons. The molecule has 2 amide bonds. The van der Waals surface area contributed by atoms with E-state index in [2.05, 4.69) is 20.4 Å². The number of nitrogens with two attached hydrogens (primary N) is 1. The summed E-state index contributed by atoms with van der Waals surface area (Å²) in [4.78, 5) is 34.9. The number of pyridine rings is 1. The van der Waals surface area contributed by atoms with Crippen LogP contribution in [0.4, 0.5) is 5.82 Å². The van der Waals surface area contributed by atoms with Crippen molar-refractivity contribution < 1.29 is 9.59 Å². The standard InChI is InChI=1S/C23H23N7O2/c1-29-12-17(11-27-29)16-9-19(21(24)26-10-16)22(31)28-18-5-7-30(13-18)23(32)15-2-3-20-14(8-15)4-6-25-20/h2-4,6,8-12,18,25H,5,7,13H2,1H3,(H2,24,26)(H,28,31)/t18-/m1/s1. The minimum absolute atomic E-state index is 0.0374. The summed E-state index contributed by atoms with van der Waals surface area (Å²) in [5.74, 6) is -0.167. The molecule has 4 aromatic rings. The maximum absolute atomic E-state index is 12.9. The molecule has 1 aromatic carbocycles. The SMILES string of the molecule is Cn1cc(-c2cnc(N)c(C(=O)N[C@@H]3CCN(C(=O)c4ccc5[nH]ccc5c4)C3)c2)cn1. The molecule has 0 bridgehead atoms. The number of aryl methyl sites for hydroxylation is 1. The first-order valence-electron chi connectivity index (χ1n) is 10.4. The van der Waals surface area contributed by atoms with Crippen molar-refractivity contribution in [1.82, 2.24) is 30.0 Å². The van der Waals surface area contributed by atoms with Gasteiger partial charge < -0.3 is 20.9 Å². The van der Waals surface area contributed by atoms with Gasteiger partial charge in [-0.15, -0.1) is 0 Å². The van der Waals surface area contributed by atoms with Crippen LogP contribution in [0.5, 0.6) is 0 Å². The van der Waals surface area contributed by atoms with Crippen LogP contribution in [0.15, 0.2) is 55.1 Å². The average molecular weight is 429 g/mol. The van der Waals surface area contributed by atoms with Crippen LogP contribution in [0.3, 0.4) is 0 Å². The molecule has 4 N–H and O–H groups in total. The topological polar surface area (TPSA) is 122 Å². The van der Waals surface area contributed by atoms with Crippen molar-refractivity contribution in [2.45, 2.75) is 12.5 Å². The highest BCUT2D eigenvalue weighted by Crippen LogP contribution is 2.22. The summed E-state index contributed by atoms with van der Waals surface area (Å²) in [7, 11) is 1.82. The Kier molecular flexibility index (Phi) is 4.85. The normalized spacial score (nSPS) is 15.9. The van der Waals surface area contributed by atoms with Gasteiger partial charge in [-0.25, -0.2) is 4.98 Å². The lowest BCUT2D eigenvalue weighted by Crippen LogP contribution is -2.38. The maximum atomic E-state index is 12.9. The van der Waals surface area contributed by atoms with Crippen molar-refractivity contribution >= 4 is 28.5 Å². The molecule has 9 nitrogen and oxygen atoms in total. The summed E-state index contributed by atoms with van der Waals surface area (Å²) in [6.07, 6.45) is 7.71. The molecule has 1 fully saturated rings. The number of rotatable bonds is 4. The van der Waals surface area contributed by atoms with Gasteiger partial charge in [0, 0.05) is 72.4 Å². The number of nitrogen functional groups attached to an aromatic ring is 1. The zero-order valence-electron chi connectivity index (χ0n) is 17.6. The number of nitrogens with one attached hydrogen (secondary N) is 2. The highest BCUT2D eigenvalue weighted by Gasteiger charge is 2.29. The van der Waals surface area contributed by atoms with Gasteiger partial charge in [-0.05, 0) is 36.8 Å². The van der Waals surface area contributed by atoms with Gasteiger partial charge in [0.1, 0.15) is 5.82 Å². The number of hydrogen-bond donors (Lipinski definition) is 3. The Morgan fingerprint density at radius 1 is 1.19 bits per heavy atom. The summed E-state index contributed by atoms with van der Waals surface area (Å²) in [5.41, 5.74) is 9.54. The van der Waals surface area contributed by atoms with Crippen LogP contribution < -0.4 is 11.1 Å². The summed E-state index contributed by atoms with van der Waals surface area (Å²) < 4.78 is 1.68. The van der Waals surface area contributed by atoms with Gasteiger partial charge in [-0.3, -0.25) is 14.3 Å². The number of likely N-dealkylation sites (tertiary alicyclic amines) is 1. The smallest absolute Gasteiger partial charge is 0.255 e. The number of carbonyl (C=O) groups excluding carboxylic acids is 2. The van der Waals surface area contributed by atoms with E-state index in [1.54, 1.807) is 28.0 Å². The Morgan fingerprint density at radius 3 is 2.88 bits per heavy atom. The Labute approximate surface area is 184 Å². The van der Waals surface area contributed by atoms with Crippen LogP contribution in [0.1, 0.15) is 27.1 Å². The Balaban J connectivity index is 1.27. The first-order valence-corrected chi connectivity index (χ1v) is 10.4. The van der Waals surface area contributed by atoms with E-state index in [4.69, 9.17) is 5.73 Å². The van der Waals surface area contributed by atoms with E-state index in [0.717, 1.165) is 22.0 Å². The van der Waals surface area contributed by atoms with E-state index >= 15 is 0 Å². The van der Waals surface area contributed by atoms with Crippen LogP contribution in [0, 0.1) is 0 Å². The van der Waals surface area contributed by atoms with Crippen LogP contribution in [-0.4, -0.2) is 55.6 Å². The molecular weight excluding hydrogens is 406 g/mol. The summed E-state index contributed by atoms with van der Waals surface area (Å²) >= 11 is 0. The first-order chi connectivity index (χ1) is 15.5. The minimum Gasteiger partial charge on any atom is -0.383 e. The molecule has 0 unspecified atom stereocenters. The minimum atomic E-state index is -0.297. The number of aromatic nitrogens is 4. The fourth-order valence-corrected chi connectivity index (χ4v) is 4.08. The van der Waals surface area contributed by atoms with Crippen molar-refractivity contribution in [3.05, 3.63) is 66.2 Å². The molecule has 5 rings (SSSR count). The van der Waals surface area contributed by atoms with E-state index < -0.39 is 0 Å². The van der Waals surface area contributed by atoms with E-state index in [1.165, 1.54) is 0 Å². The van der Waals surface area contributed by atoms with Gasteiger partial charge in [-0.1, -0.05) is 0 Å². The monoisotopic (exact) mass is 429 g/mol. The molecule has 1 atom stereocenters. The largest absolute Gasteiger partial charge is 0.383 e. The third kappa shape index (κ3) is 3.68. The quantitative estimate of drug-likeness (QED) is 0.459. The number of amides is 2. The number of fused-ring (bicyclic) bond motifs is 1. The fourth-order valence-electron chi connectivity index (χ4n) is 4.08. The van der Waals surface area contributed by atoms with Crippen LogP contribution in [0.25, 0.3) is 22.0 Å². The highest BCUT2D eigenvalue weighted by molar-refractivity contribution is 6.00. The predicted molar refractivity (Wildman–Crippen MR) is 121 cm³/mol. The second-order valence-corrected chi connectivity index (χ2v) is 8.05. The Bertz CT molecular complexity index is 1320. The first kappa shape index (κ1) is 19.8. The number of H-pyrrole nitrogens is 1. The molecule has 1 saturated heterocycles. The van der Waals surface area contributed by atoms with Gasteiger partial charge >= 0.3 is 0 Å². The summed E-state index contributed by atoms with van der Waals surface area (Å²) in [6, 6.07) is 9.13. The van der Waals surface area contributed by atoms with Gasteiger partial charge in [0.2, 0.25) is 0 Å². The average Bonchev–Trinajstić information content (AvgIpc) is 3.54. The third-order valence-electron chi connectivity index (χ3n) is 5.81. The van der Waals surface area contributed by atoms with Gasteiger partial charge in [0.15, 0.2) is 0 Å². The molecule has 0 aliphatic carbocycles. The number of nitrogens with zero attached hydrogens (tertiary/aromatic N) is 4. The van der Waals surface area contributed by atoms with Crippen LogP contribution in [0.2, 0.25) is 0 Å². The highest BCUT2D eigenvalue weighted by atomic mass is 16.2. The maximum Gasteiger partial charge on any atom is 0.255 e. The van der Waals surface area contributed by atoms with Gasteiger partial charge in [-0.2, -0.15) is 5.10 Å². The molecular formula is C23H23N7O2. The molecule has 9 heteroatoms. The second-order valence-electron chi connectivity index (χ2n) is 8.05. The van der Waals surface area contributed by atoms with Gasteiger partial charge in [0.05, 0.1) is 11.8 Å². The number of benzene rings is 1. The Morgan fingerprint density at radius 2 is 2.06 bits per heavy atom. The number of anilines is 1. The van der Waals surface area contributed by atoms with Crippen molar-refractivity contribution in [3.8, 4) is 11.1 Å². The molecule has 3 aromatic heterocycles. The Hall–Kier alpha value is -4.14. The molecule has 1 aliphatic rings. The fraction of sp³-hybridized carbons (Fsp3) is 0.217. The third-order valence-corrected chi connectivity index (χ3v) is 5.81. The van der Waals surface area contributed by atoms with E-state index in [0.29, 0.717) is 30.6 Å². The van der Waals surface area contributed by atoms with Gasteiger partial charge in [0.25, 0.3) is 11.8 Å². The molecule has 162 valence electrons. The predicted octanol–water partition coefficient (Wildman–Crippen LogP) is 2.19. The lowest BCUT2D eigenvalue weighted by Gasteiger charge is -2.18. The molecule has 0 saturated carbocycles. The zero-order valence-corrected chi connectivity index (χ0v) is 17.6. The van der Waals surface area contributed by atoms with Crippen LogP contribution >= 0.6 is 0 Å². The summed E-state index contributed by atoms with van der Waals surface area (Å²) in [6.45, 7) is 1.03. The van der Waals surface area contributed by atoms with Crippen molar-refractivity contribution in [3.63, 3.8) is 0 Å². The van der Waals surface area contributed by atoms with Crippen LogP contribution in [-0.2, 0) is 7.05 Å². The molecule has 1 aliphatic heterocycles.